The van der Waals surface area contributed by atoms with Gasteiger partial charge in [-0.2, -0.15) is 0 Å². The number of aryl methyl sites for hydroxylation is 1. The molecule has 0 saturated carbocycles. The van der Waals surface area contributed by atoms with Crippen molar-refractivity contribution in [2.24, 2.45) is 0 Å². The molecule has 1 heterocycles. The van der Waals surface area contributed by atoms with Gasteiger partial charge in [0.1, 0.15) is 0 Å². The highest BCUT2D eigenvalue weighted by atomic mass is 32.2. The summed E-state index contributed by atoms with van der Waals surface area (Å²) in [6.07, 6.45) is 1.80. The fourth-order valence-corrected chi connectivity index (χ4v) is 4.42. The van der Waals surface area contributed by atoms with E-state index in [2.05, 4.69) is 10.6 Å². The molecule has 2 rings (SSSR count). The standard InChI is InChI=1S/C16H24N2O3S/c1-12-6-4-5-7-14(12)13(2)18-15(19)16(22(3,20)21)8-10-17-11-9-16/h4-7,13,17H,8-11H2,1-3H3,(H,18,19). The van der Waals surface area contributed by atoms with E-state index in [-0.39, 0.29) is 11.9 Å². The van der Waals surface area contributed by atoms with Crippen LogP contribution in [0, 0.1) is 6.92 Å². The molecule has 1 aliphatic heterocycles. The molecule has 5 nitrogen and oxygen atoms in total. The van der Waals surface area contributed by atoms with Crippen molar-refractivity contribution in [1.29, 1.82) is 0 Å². The van der Waals surface area contributed by atoms with Crippen LogP contribution in [0.25, 0.3) is 0 Å². The van der Waals surface area contributed by atoms with Crippen LogP contribution in [0.15, 0.2) is 24.3 Å². The minimum atomic E-state index is -3.48. The Hall–Kier alpha value is -1.40. The van der Waals surface area contributed by atoms with Gasteiger partial charge in [-0.1, -0.05) is 24.3 Å². The third kappa shape index (κ3) is 3.17. The summed E-state index contributed by atoms with van der Waals surface area (Å²) in [6, 6.07) is 7.58. The largest absolute Gasteiger partial charge is 0.348 e. The molecule has 1 aromatic rings. The van der Waals surface area contributed by atoms with Gasteiger partial charge in [0, 0.05) is 6.26 Å². The summed E-state index contributed by atoms with van der Waals surface area (Å²) >= 11 is 0. The minimum Gasteiger partial charge on any atom is -0.348 e. The summed E-state index contributed by atoms with van der Waals surface area (Å²) in [5, 5.41) is 6.02. The highest BCUT2D eigenvalue weighted by Crippen LogP contribution is 2.29. The number of benzene rings is 1. The molecule has 0 bridgehead atoms. The lowest BCUT2D eigenvalue weighted by Gasteiger charge is -2.35. The third-order valence-electron chi connectivity index (χ3n) is 4.54. The van der Waals surface area contributed by atoms with Crippen LogP contribution in [0.4, 0.5) is 0 Å². The van der Waals surface area contributed by atoms with Gasteiger partial charge in [0.05, 0.1) is 6.04 Å². The second kappa shape index (κ2) is 6.38. The van der Waals surface area contributed by atoms with Crippen LogP contribution in [0.3, 0.4) is 0 Å². The Labute approximate surface area is 132 Å². The lowest BCUT2D eigenvalue weighted by atomic mass is 9.94. The number of rotatable bonds is 4. The fourth-order valence-electron chi connectivity index (χ4n) is 3.08. The first-order valence-corrected chi connectivity index (χ1v) is 9.44. The molecule has 1 aliphatic rings. The molecule has 1 fully saturated rings. The average Bonchev–Trinajstić information content (AvgIpc) is 2.47. The second-order valence-electron chi connectivity index (χ2n) is 6.07. The van der Waals surface area contributed by atoms with Crippen molar-refractivity contribution in [2.45, 2.75) is 37.5 Å². The number of hydrogen-bond donors (Lipinski definition) is 2. The van der Waals surface area contributed by atoms with Crippen LogP contribution in [-0.2, 0) is 14.6 Å². The van der Waals surface area contributed by atoms with Crippen molar-refractivity contribution in [2.75, 3.05) is 19.3 Å². The summed E-state index contributed by atoms with van der Waals surface area (Å²) in [6.45, 7) is 4.95. The lowest BCUT2D eigenvalue weighted by molar-refractivity contribution is -0.125. The number of hydrogen-bond acceptors (Lipinski definition) is 4. The average molecular weight is 324 g/mol. The number of piperidine rings is 1. The molecule has 22 heavy (non-hydrogen) atoms. The quantitative estimate of drug-likeness (QED) is 0.876. The fraction of sp³-hybridized carbons (Fsp3) is 0.562. The van der Waals surface area contributed by atoms with Crippen molar-refractivity contribution in [3.8, 4) is 0 Å². The highest BCUT2D eigenvalue weighted by Gasteiger charge is 2.48. The van der Waals surface area contributed by atoms with E-state index >= 15 is 0 Å². The van der Waals surface area contributed by atoms with Crippen LogP contribution >= 0.6 is 0 Å². The molecule has 2 N–H and O–H groups in total. The Morgan fingerprint density at radius 3 is 2.41 bits per heavy atom. The summed E-state index contributed by atoms with van der Waals surface area (Å²) < 4.78 is 23.2. The summed E-state index contributed by atoms with van der Waals surface area (Å²) in [4.78, 5) is 12.7. The molecule has 122 valence electrons. The first-order chi connectivity index (χ1) is 10.3. The van der Waals surface area contributed by atoms with E-state index < -0.39 is 14.6 Å². The van der Waals surface area contributed by atoms with E-state index in [1.165, 1.54) is 0 Å². The van der Waals surface area contributed by atoms with Gasteiger partial charge in [-0.3, -0.25) is 4.79 Å². The maximum atomic E-state index is 12.7. The monoisotopic (exact) mass is 324 g/mol. The molecule has 0 aromatic heterocycles. The van der Waals surface area contributed by atoms with Crippen LogP contribution in [-0.4, -0.2) is 38.4 Å². The molecular weight excluding hydrogens is 300 g/mol. The van der Waals surface area contributed by atoms with Crippen LogP contribution in [0.5, 0.6) is 0 Å². The van der Waals surface area contributed by atoms with E-state index in [1.54, 1.807) is 0 Å². The van der Waals surface area contributed by atoms with Gasteiger partial charge >= 0.3 is 0 Å². The number of nitrogens with one attached hydrogen (secondary N) is 2. The second-order valence-corrected chi connectivity index (χ2v) is 8.39. The van der Waals surface area contributed by atoms with E-state index in [9.17, 15) is 13.2 Å². The zero-order valence-electron chi connectivity index (χ0n) is 13.3. The van der Waals surface area contributed by atoms with Gasteiger partial charge in [-0.25, -0.2) is 8.42 Å². The van der Waals surface area contributed by atoms with Crippen molar-refractivity contribution in [3.63, 3.8) is 0 Å². The molecule has 1 aromatic carbocycles. The molecule has 1 saturated heterocycles. The lowest BCUT2D eigenvalue weighted by Crippen LogP contribution is -2.57. The van der Waals surface area contributed by atoms with Gasteiger partial charge in [-0.15, -0.1) is 0 Å². The molecule has 6 heteroatoms. The summed E-state index contributed by atoms with van der Waals surface area (Å²) in [5.41, 5.74) is 2.09. The number of carbonyl (C=O) groups is 1. The Kier molecular flexibility index (Phi) is 4.92. The normalized spacial score (nSPS) is 19.4. The predicted octanol–water partition coefficient (Wildman–Crippen LogP) is 1.34. The van der Waals surface area contributed by atoms with E-state index in [1.807, 2.05) is 38.1 Å². The van der Waals surface area contributed by atoms with Gasteiger partial charge in [0.2, 0.25) is 5.91 Å². The van der Waals surface area contributed by atoms with Gasteiger partial charge in [-0.05, 0) is 50.9 Å². The maximum Gasteiger partial charge on any atom is 0.242 e. The van der Waals surface area contributed by atoms with Crippen molar-refractivity contribution in [1.82, 2.24) is 10.6 Å². The SMILES string of the molecule is Cc1ccccc1C(C)NC(=O)C1(S(C)(=O)=O)CCNCC1. The number of carbonyl (C=O) groups excluding carboxylic acids is 1. The van der Waals surface area contributed by atoms with Gasteiger partial charge < -0.3 is 10.6 Å². The van der Waals surface area contributed by atoms with E-state index in [4.69, 9.17) is 0 Å². The number of amides is 1. The Balaban J connectivity index is 2.24. The summed E-state index contributed by atoms with van der Waals surface area (Å²) in [5.74, 6) is -0.382. The van der Waals surface area contributed by atoms with Crippen LogP contribution < -0.4 is 10.6 Å². The first-order valence-electron chi connectivity index (χ1n) is 7.55. The smallest absolute Gasteiger partial charge is 0.242 e. The first kappa shape index (κ1) is 17.0. The molecule has 1 unspecified atom stereocenters. The van der Waals surface area contributed by atoms with Crippen LogP contribution in [0.2, 0.25) is 0 Å². The predicted molar refractivity (Wildman–Crippen MR) is 87.4 cm³/mol. The molecular formula is C16H24N2O3S. The Morgan fingerprint density at radius 2 is 1.86 bits per heavy atom. The van der Waals surface area contributed by atoms with E-state index in [0.717, 1.165) is 17.4 Å². The van der Waals surface area contributed by atoms with Crippen molar-refractivity contribution >= 4 is 15.7 Å². The van der Waals surface area contributed by atoms with Crippen molar-refractivity contribution in [3.05, 3.63) is 35.4 Å². The molecule has 0 aliphatic carbocycles. The minimum absolute atomic E-state index is 0.220. The Bertz CT molecular complexity index is 649. The zero-order valence-corrected chi connectivity index (χ0v) is 14.2. The molecule has 1 atom stereocenters. The Morgan fingerprint density at radius 1 is 1.27 bits per heavy atom. The van der Waals surface area contributed by atoms with Gasteiger partial charge in [0.15, 0.2) is 14.6 Å². The topological polar surface area (TPSA) is 75.3 Å². The molecule has 1 amide bonds. The highest BCUT2D eigenvalue weighted by molar-refractivity contribution is 7.92. The maximum absolute atomic E-state index is 12.7. The van der Waals surface area contributed by atoms with E-state index in [0.29, 0.717) is 25.9 Å². The van der Waals surface area contributed by atoms with Gasteiger partial charge in [0.25, 0.3) is 0 Å². The number of sulfone groups is 1. The third-order valence-corrected chi connectivity index (χ3v) is 6.55. The molecule has 0 radical (unpaired) electrons. The zero-order chi connectivity index (χ0) is 16.4. The van der Waals surface area contributed by atoms with Crippen LogP contribution in [0.1, 0.15) is 36.9 Å². The summed E-state index contributed by atoms with van der Waals surface area (Å²) in [7, 11) is -3.48. The molecule has 0 spiro atoms. The van der Waals surface area contributed by atoms with Crippen molar-refractivity contribution < 1.29 is 13.2 Å².